The number of sulfonamides is 1. The highest BCUT2D eigenvalue weighted by molar-refractivity contribution is 7.89. The second-order valence-corrected chi connectivity index (χ2v) is 9.27. The van der Waals surface area contributed by atoms with E-state index in [4.69, 9.17) is 11.6 Å². The van der Waals surface area contributed by atoms with E-state index in [0.717, 1.165) is 15.4 Å². The molecule has 1 heterocycles. The summed E-state index contributed by atoms with van der Waals surface area (Å²) >= 11 is 6.10. The zero-order valence-corrected chi connectivity index (χ0v) is 18.3. The van der Waals surface area contributed by atoms with Crippen molar-refractivity contribution >= 4 is 27.5 Å². The fraction of sp³-hybridized carbons (Fsp3) is 0.182. The van der Waals surface area contributed by atoms with E-state index < -0.39 is 28.3 Å². The van der Waals surface area contributed by atoms with Gasteiger partial charge in [0, 0.05) is 36.1 Å². The van der Waals surface area contributed by atoms with E-state index >= 15 is 0 Å². The summed E-state index contributed by atoms with van der Waals surface area (Å²) in [4.78, 5) is 16.5. The Hall–Kier alpha value is -2.81. The van der Waals surface area contributed by atoms with Crippen LogP contribution in [0.25, 0.3) is 0 Å². The van der Waals surface area contributed by atoms with E-state index in [9.17, 15) is 17.6 Å². The number of benzene rings is 2. The van der Waals surface area contributed by atoms with Crippen LogP contribution >= 0.6 is 11.6 Å². The molecule has 0 atom stereocenters. The predicted molar refractivity (Wildman–Crippen MR) is 116 cm³/mol. The first-order valence-electron chi connectivity index (χ1n) is 9.42. The number of amides is 1. The highest BCUT2D eigenvalue weighted by Gasteiger charge is 2.28. The zero-order valence-electron chi connectivity index (χ0n) is 16.8. The number of hydrogen-bond donors (Lipinski definition) is 1. The van der Waals surface area contributed by atoms with Crippen LogP contribution in [0.15, 0.2) is 71.9 Å². The number of carbonyl (C=O) groups is 1. The first-order chi connectivity index (χ1) is 14.8. The van der Waals surface area contributed by atoms with Gasteiger partial charge in [0.15, 0.2) is 0 Å². The lowest BCUT2D eigenvalue weighted by Gasteiger charge is -2.23. The summed E-state index contributed by atoms with van der Waals surface area (Å²) in [5.74, 6) is -1.18. The average Bonchev–Trinajstić information content (AvgIpc) is 2.75. The maximum Gasteiger partial charge on any atom is 0.243 e. The normalized spacial score (nSPS) is 11.5. The van der Waals surface area contributed by atoms with Crippen LogP contribution in [0.3, 0.4) is 0 Å². The minimum absolute atomic E-state index is 0.0000808. The molecule has 0 bridgehead atoms. The van der Waals surface area contributed by atoms with Crippen LogP contribution in [0.2, 0.25) is 5.02 Å². The van der Waals surface area contributed by atoms with Crippen LogP contribution < -0.4 is 5.32 Å². The Morgan fingerprint density at radius 1 is 1.13 bits per heavy atom. The Morgan fingerprint density at radius 2 is 1.87 bits per heavy atom. The number of halogens is 2. The fourth-order valence-electron chi connectivity index (χ4n) is 2.86. The smallest absolute Gasteiger partial charge is 0.243 e. The van der Waals surface area contributed by atoms with E-state index in [-0.39, 0.29) is 28.6 Å². The Kier molecular flexibility index (Phi) is 7.37. The predicted octanol–water partition coefficient (Wildman–Crippen LogP) is 3.69. The van der Waals surface area contributed by atoms with Crippen LogP contribution in [-0.2, 0) is 27.9 Å². The quantitative estimate of drug-likeness (QED) is 0.555. The molecular formula is C22H21ClFN3O3S. The molecule has 0 aliphatic carbocycles. The molecule has 1 amide bonds. The molecule has 6 nitrogen and oxygen atoms in total. The van der Waals surface area contributed by atoms with Gasteiger partial charge in [0.1, 0.15) is 5.82 Å². The third-order valence-electron chi connectivity index (χ3n) is 4.59. The van der Waals surface area contributed by atoms with E-state index in [2.05, 4.69) is 10.3 Å². The Labute approximate surface area is 185 Å². The number of aromatic nitrogens is 1. The summed E-state index contributed by atoms with van der Waals surface area (Å²) in [5.41, 5.74) is 1.65. The lowest BCUT2D eigenvalue weighted by atomic mass is 10.2. The third kappa shape index (κ3) is 5.88. The van der Waals surface area contributed by atoms with Crippen molar-refractivity contribution in [1.29, 1.82) is 0 Å². The van der Waals surface area contributed by atoms with E-state index in [1.54, 1.807) is 36.7 Å². The minimum Gasteiger partial charge on any atom is -0.351 e. The Balaban J connectivity index is 1.86. The summed E-state index contributed by atoms with van der Waals surface area (Å²) in [6.45, 7) is 1.13. The minimum atomic E-state index is -4.09. The van der Waals surface area contributed by atoms with Crippen LogP contribution in [-0.4, -0.2) is 30.2 Å². The van der Waals surface area contributed by atoms with Gasteiger partial charge in [0.25, 0.3) is 0 Å². The van der Waals surface area contributed by atoms with Crippen LogP contribution in [0, 0.1) is 12.7 Å². The van der Waals surface area contributed by atoms with Crippen molar-refractivity contribution in [3.63, 3.8) is 0 Å². The maximum atomic E-state index is 14.3. The van der Waals surface area contributed by atoms with Crippen LogP contribution in [0.1, 0.15) is 16.7 Å². The molecule has 0 saturated heterocycles. The van der Waals surface area contributed by atoms with Gasteiger partial charge < -0.3 is 5.32 Å². The van der Waals surface area contributed by atoms with Crippen molar-refractivity contribution in [2.75, 3.05) is 6.54 Å². The lowest BCUT2D eigenvalue weighted by Crippen LogP contribution is -2.40. The number of aryl methyl sites for hydroxylation is 1. The van der Waals surface area contributed by atoms with Crippen LogP contribution in [0.5, 0.6) is 0 Å². The number of nitrogens with one attached hydrogen (secondary N) is 1. The van der Waals surface area contributed by atoms with Gasteiger partial charge in [0.2, 0.25) is 15.9 Å². The van der Waals surface area contributed by atoms with E-state index in [1.807, 2.05) is 6.92 Å². The van der Waals surface area contributed by atoms with Crippen LogP contribution in [0.4, 0.5) is 4.39 Å². The van der Waals surface area contributed by atoms with Gasteiger partial charge in [-0.05, 0) is 42.8 Å². The monoisotopic (exact) mass is 461 g/mol. The number of hydrogen-bond acceptors (Lipinski definition) is 4. The Bertz CT molecular complexity index is 1140. The molecule has 0 aliphatic heterocycles. The molecule has 3 aromatic rings. The van der Waals surface area contributed by atoms with Crippen molar-refractivity contribution < 1.29 is 17.6 Å². The summed E-state index contributed by atoms with van der Waals surface area (Å²) in [6, 6.07) is 13.8. The van der Waals surface area contributed by atoms with Crippen molar-refractivity contribution in [3.05, 3.63) is 94.5 Å². The van der Waals surface area contributed by atoms with Crippen molar-refractivity contribution in [2.24, 2.45) is 0 Å². The summed E-state index contributed by atoms with van der Waals surface area (Å²) in [5, 5.41) is 2.75. The molecule has 0 radical (unpaired) electrons. The molecular weight excluding hydrogens is 441 g/mol. The standard InChI is InChI=1S/C22H21ClFN3O3S/c1-16-7-9-18(10-8-16)31(29,30)27(14-19-20(23)5-2-6-21(19)24)15-22(28)26-13-17-4-3-11-25-12-17/h2-12H,13-15H2,1H3,(H,26,28). The second-order valence-electron chi connectivity index (χ2n) is 6.92. The largest absolute Gasteiger partial charge is 0.351 e. The van der Waals surface area contributed by atoms with Gasteiger partial charge in [-0.25, -0.2) is 12.8 Å². The first-order valence-corrected chi connectivity index (χ1v) is 11.2. The molecule has 1 aromatic heterocycles. The molecule has 0 saturated carbocycles. The van der Waals surface area contributed by atoms with Gasteiger partial charge in [0.05, 0.1) is 11.4 Å². The van der Waals surface area contributed by atoms with Gasteiger partial charge in [-0.2, -0.15) is 4.31 Å². The zero-order chi connectivity index (χ0) is 22.4. The van der Waals surface area contributed by atoms with E-state index in [1.165, 1.54) is 30.3 Å². The van der Waals surface area contributed by atoms with Gasteiger partial charge in [-0.1, -0.05) is 41.4 Å². The molecule has 3 rings (SSSR count). The highest BCUT2D eigenvalue weighted by atomic mass is 35.5. The number of carbonyl (C=O) groups excluding carboxylic acids is 1. The molecule has 9 heteroatoms. The highest BCUT2D eigenvalue weighted by Crippen LogP contribution is 2.24. The number of nitrogens with zero attached hydrogens (tertiary/aromatic N) is 2. The molecule has 162 valence electrons. The topological polar surface area (TPSA) is 79.4 Å². The summed E-state index contributed by atoms with van der Waals surface area (Å²) < 4.78 is 41.8. The SMILES string of the molecule is Cc1ccc(S(=O)(=O)N(CC(=O)NCc2cccnc2)Cc2c(F)cccc2Cl)cc1. The molecule has 0 unspecified atom stereocenters. The number of pyridine rings is 1. The molecule has 1 N–H and O–H groups in total. The number of rotatable bonds is 8. The molecule has 0 aliphatic rings. The van der Waals surface area contributed by atoms with Gasteiger partial charge >= 0.3 is 0 Å². The van der Waals surface area contributed by atoms with E-state index in [0.29, 0.717) is 0 Å². The van der Waals surface area contributed by atoms with Crippen molar-refractivity contribution in [2.45, 2.75) is 24.9 Å². The first kappa shape index (κ1) is 22.9. The average molecular weight is 462 g/mol. The summed E-state index contributed by atoms with van der Waals surface area (Å²) in [6.07, 6.45) is 3.21. The molecule has 2 aromatic carbocycles. The van der Waals surface area contributed by atoms with Crippen molar-refractivity contribution in [3.8, 4) is 0 Å². The lowest BCUT2D eigenvalue weighted by molar-refractivity contribution is -0.121. The maximum absolute atomic E-state index is 14.3. The van der Waals surface area contributed by atoms with Gasteiger partial charge in [-0.3, -0.25) is 9.78 Å². The fourth-order valence-corrected chi connectivity index (χ4v) is 4.45. The molecule has 0 fully saturated rings. The van der Waals surface area contributed by atoms with Gasteiger partial charge in [-0.15, -0.1) is 0 Å². The molecule has 31 heavy (non-hydrogen) atoms. The Morgan fingerprint density at radius 3 is 2.52 bits per heavy atom. The second kappa shape index (κ2) is 10.00. The molecule has 0 spiro atoms. The van der Waals surface area contributed by atoms with Crippen molar-refractivity contribution in [1.82, 2.24) is 14.6 Å². The summed E-state index contributed by atoms with van der Waals surface area (Å²) in [7, 11) is -4.09. The third-order valence-corrected chi connectivity index (χ3v) is 6.75.